The Morgan fingerprint density at radius 2 is 1.40 bits per heavy atom. The first-order chi connectivity index (χ1) is 16.8. The molecular formula is C28H17BrO. The van der Waals surface area contributed by atoms with E-state index in [2.05, 4.69) is 40.2 Å². The average molecular weight is 454 g/mol. The van der Waals surface area contributed by atoms with Crippen LogP contribution in [-0.4, -0.2) is 0 Å². The molecule has 0 N–H and O–H groups in total. The zero-order chi connectivity index (χ0) is 24.4. The van der Waals surface area contributed by atoms with Crippen molar-refractivity contribution in [2.75, 3.05) is 0 Å². The summed E-state index contributed by atoms with van der Waals surface area (Å²) in [7, 11) is 0. The Kier molecular flexibility index (Phi) is 2.98. The lowest BCUT2D eigenvalue weighted by molar-refractivity contribution is 0.673. The van der Waals surface area contributed by atoms with Crippen LogP contribution in [0.25, 0.3) is 55.0 Å². The van der Waals surface area contributed by atoms with Crippen LogP contribution in [0.5, 0.6) is 0 Å². The Balaban J connectivity index is 1.55. The molecule has 1 heterocycles. The van der Waals surface area contributed by atoms with E-state index in [1.54, 1.807) is 6.07 Å². The number of benzene rings is 5. The number of hydrogen-bond acceptors (Lipinski definition) is 1. The maximum absolute atomic E-state index is 8.35. The van der Waals surface area contributed by atoms with Crippen molar-refractivity contribution in [3.8, 4) is 22.3 Å². The van der Waals surface area contributed by atoms with E-state index in [1.165, 1.54) is 0 Å². The molecule has 0 fully saturated rings. The summed E-state index contributed by atoms with van der Waals surface area (Å²) in [5, 5.41) is 4.26. The summed E-state index contributed by atoms with van der Waals surface area (Å²) in [6.45, 7) is 0. The molecule has 1 aromatic heterocycles. The molecule has 142 valence electrons. The molecule has 30 heavy (non-hydrogen) atoms. The summed E-state index contributed by atoms with van der Waals surface area (Å²) in [6, 6.07) is 22.4. The van der Waals surface area contributed by atoms with E-state index < -0.39 is 6.04 Å². The second-order valence-corrected chi connectivity index (χ2v) is 8.12. The van der Waals surface area contributed by atoms with Gasteiger partial charge in [-0.1, -0.05) is 82.5 Å². The van der Waals surface area contributed by atoms with Crippen molar-refractivity contribution in [1.82, 2.24) is 0 Å². The maximum Gasteiger partial charge on any atom is 0.143 e. The Bertz CT molecular complexity index is 1790. The monoisotopic (exact) mass is 453 g/mol. The molecular weight excluding hydrogens is 432 g/mol. The standard InChI is InChI=1S/C28H17BrO/c29-23-15-21(18-6-2-1-3-7-18)14-22(16-23)20-11-12-25-26-13-10-19-8-4-5-9-24(19)28(26)30-27(25)17-20/h1-17H/i1D,2D,3D,6D,7D. The van der Waals surface area contributed by atoms with E-state index in [1.807, 2.05) is 42.5 Å². The first kappa shape index (κ1) is 13.0. The third-order valence-corrected chi connectivity index (χ3v) is 5.84. The molecule has 0 bridgehead atoms. The van der Waals surface area contributed by atoms with Gasteiger partial charge in [0.25, 0.3) is 0 Å². The molecule has 2 heteroatoms. The molecule has 1 nitrogen and oxygen atoms in total. The van der Waals surface area contributed by atoms with Crippen LogP contribution in [0.4, 0.5) is 0 Å². The number of fused-ring (bicyclic) bond motifs is 5. The van der Waals surface area contributed by atoms with Gasteiger partial charge in [-0.05, 0) is 64.0 Å². The van der Waals surface area contributed by atoms with Crippen LogP contribution in [0.1, 0.15) is 6.85 Å². The van der Waals surface area contributed by atoms with Crippen molar-refractivity contribution in [1.29, 1.82) is 0 Å². The summed E-state index contributed by atoms with van der Waals surface area (Å²) in [6.07, 6.45) is 0. The van der Waals surface area contributed by atoms with Gasteiger partial charge in [0.1, 0.15) is 11.2 Å². The summed E-state index contributed by atoms with van der Waals surface area (Å²) in [5.74, 6) is 0. The van der Waals surface area contributed by atoms with Gasteiger partial charge in [-0.3, -0.25) is 0 Å². The molecule has 0 aliphatic carbocycles. The lowest BCUT2D eigenvalue weighted by Gasteiger charge is -2.08. The molecule has 6 rings (SSSR count). The maximum atomic E-state index is 8.35. The van der Waals surface area contributed by atoms with Gasteiger partial charge >= 0.3 is 0 Å². The summed E-state index contributed by atoms with van der Waals surface area (Å²) < 4.78 is 47.7. The van der Waals surface area contributed by atoms with Gasteiger partial charge in [0, 0.05) is 20.6 Å². The molecule has 0 atom stereocenters. The highest BCUT2D eigenvalue weighted by molar-refractivity contribution is 9.10. The zero-order valence-corrected chi connectivity index (χ0v) is 17.3. The van der Waals surface area contributed by atoms with Crippen LogP contribution in [0.15, 0.2) is 112 Å². The minimum absolute atomic E-state index is 0.176. The quantitative estimate of drug-likeness (QED) is 0.255. The number of halogens is 1. The van der Waals surface area contributed by atoms with E-state index in [9.17, 15) is 0 Å². The molecule has 0 aliphatic heterocycles. The Morgan fingerprint density at radius 3 is 2.27 bits per heavy atom. The van der Waals surface area contributed by atoms with Crippen molar-refractivity contribution in [3.63, 3.8) is 0 Å². The normalized spacial score (nSPS) is 13.8. The van der Waals surface area contributed by atoms with Gasteiger partial charge in [-0.25, -0.2) is 0 Å². The third-order valence-electron chi connectivity index (χ3n) is 5.38. The van der Waals surface area contributed by atoms with Gasteiger partial charge < -0.3 is 4.42 Å². The molecule has 5 aromatic carbocycles. The first-order valence-electron chi connectivity index (χ1n) is 12.1. The second-order valence-electron chi connectivity index (χ2n) is 7.20. The molecule has 0 saturated carbocycles. The summed E-state index contributed by atoms with van der Waals surface area (Å²) >= 11 is 3.54. The second kappa shape index (κ2) is 6.86. The van der Waals surface area contributed by atoms with E-state index in [4.69, 9.17) is 11.3 Å². The van der Waals surface area contributed by atoms with E-state index in [0.29, 0.717) is 5.56 Å². The predicted octanol–water partition coefficient (Wildman–Crippen LogP) is 8.84. The fourth-order valence-electron chi connectivity index (χ4n) is 3.98. The molecule has 0 amide bonds. The van der Waals surface area contributed by atoms with Gasteiger partial charge in [-0.2, -0.15) is 0 Å². The Hall–Kier alpha value is -3.36. The van der Waals surface area contributed by atoms with Crippen molar-refractivity contribution in [3.05, 3.63) is 107 Å². The smallest absolute Gasteiger partial charge is 0.143 e. The van der Waals surface area contributed by atoms with Crippen molar-refractivity contribution in [2.45, 2.75) is 0 Å². The van der Waals surface area contributed by atoms with E-state index >= 15 is 0 Å². The summed E-state index contributed by atoms with van der Waals surface area (Å²) in [4.78, 5) is 0. The van der Waals surface area contributed by atoms with Crippen molar-refractivity contribution < 1.29 is 11.3 Å². The largest absolute Gasteiger partial charge is 0.455 e. The zero-order valence-electron chi connectivity index (χ0n) is 20.7. The van der Waals surface area contributed by atoms with Crippen LogP contribution in [0, 0.1) is 0 Å². The predicted molar refractivity (Wildman–Crippen MR) is 130 cm³/mol. The highest BCUT2D eigenvalue weighted by Crippen LogP contribution is 2.37. The minimum atomic E-state index is -0.401. The Morgan fingerprint density at radius 1 is 0.633 bits per heavy atom. The third kappa shape index (κ3) is 2.84. The fourth-order valence-corrected chi connectivity index (χ4v) is 4.47. The number of furan rings is 1. The number of rotatable bonds is 2. The van der Waals surface area contributed by atoms with Crippen LogP contribution in [0.3, 0.4) is 0 Å². The first-order valence-corrected chi connectivity index (χ1v) is 10.3. The highest BCUT2D eigenvalue weighted by atomic mass is 79.9. The van der Waals surface area contributed by atoms with Crippen molar-refractivity contribution in [2.24, 2.45) is 0 Å². The molecule has 0 spiro atoms. The van der Waals surface area contributed by atoms with Crippen LogP contribution >= 0.6 is 15.9 Å². The molecule has 0 unspecified atom stereocenters. The van der Waals surface area contributed by atoms with Gasteiger partial charge in [0.2, 0.25) is 0 Å². The lowest BCUT2D eigenvalue weighted by atomic mass is 9.98. The minimum Gasteiger partial charge on any atom is -0.455 e. The average Bonchev–Trinajstić information content (AvgIpc) is 3.24. The molecule has 0 radical (unpaired) electrons. The van der Waals surface area contributed by atoms with Crippen molar-refractivity contribution >= 4 is 48.6 Å². The Labute approximate surface area is 189 Å². The lowest BCUT2D eigenvalue weighted by Crippen LogP contribution is -1.83. The van der Waals surface area contributed by atoms with E-state index in [0.717, 1.165) is 48.3 Å². The number of hydrogen-bond donors (Lipinski definition) is 0. The molecule has 6 aromatic rings. The molecule has 0 saturated heterocycles. The summed E-state index contributed by atoms with van der Waals surface area (Å²) in [5.41, 5.74) is 4.07. The van der Waals surface area contributed by atoms with Crippen LogP contribution in [0.2, 0.25) is 0 Å². The SMILES string of the molecule is [2H]c1c([2H])c([2H])c(-c2cc(Br)cc(-c3ccc4c(c3)oc3c5ccccc5ccc43)c2)c([2H])c1[2H]. The topological polar surface area (TPSA) is 13.1 Å². The van der Waals surface area contributed by atoms with Crippen LogP contribution in [-0.2, 0) is 0 Å². The van der Waals surface area contributed by atoms with Crippen LogP contribution < -0.4 is 0 Å². The fraction of sp³-hybridized carbons (Fsp3) is 0. The van der Waals surface area contributed by atoms with E-state index in [-0.39, 0.29) is 29.7 Å². The van der Waals surface area contributed by atoms with Gasteiger partial charge in [-0.15, -0.1) is 0 Å². The van der Waals surface area contributed by atoms with Gasteiger partial charge in [0.05, 0.1) is 6.85 Å². The van der Waals surface area contributed by atoms with Gasteiger partial charge in [0.15, 0.2) is 0 Å². The highest BCUT2D eigenvalue weighted by Gasteiger charge is 2.12. The molecule has 0 aliphatic rings.